The van der Waals surface area contributed by atoms with Crippen molar-refractivity contribution in [1.82, 2.24) is 10.2 Å². The highest BCUT2D eigenvalue weighted by Gasteiger charge is 2.33. The van der Waals surface area contributed by atoms with Crippen LogP contribution in [0.4, 0.5) is 0 Å². The number of hydrogen-bond donors (Lipinski definition) is 1. The van der Waals surface area contributed by atoms with Crippen molar-refractivity contribution in [2.45, 2.75) is 32.2 Å². The summed E-state index contributed by atoms with van der Waals surface area (Å²) in [6, 6.07) is 10.1. The third-order valence-corrected chi connectivity index (χ3v) is 6.01. The number of amides is 1. The van der Waals surface area contributed by atoms with E-state index in [-0.39, 0.29) is 23.5 Å². The van der Waals surface area contributed by atoms with Crippen LogP contribution in [0.3, 0.4) is 0 Å². The summed E-state index contributed by atoms with van der Waals surface area (Å²) in [4.78, 5) is 14.0. The highest BCUT2D eigenvalue weighted by molar-refractivity contribution is 7.91. The van der Waals surface area contributed by atoms with Crippen molar-refractivity contribution in [3.05, 3.63) is 35.9 Å². The molecule has 2 rings (SSSR count). The Labute approximate surface area is 139 Å². The predicted octanol–water partition coefficient (Wildman–Crippen LogP) is 1.24. The number of rotatable bonds is 8. The van der Waals surface area contributed by atoms with Gasteiger partial charge in [-0.25, -0.2) is 8.42 Å². The molecular formula is C17H26N2O3S. The summed E-state index contributed by atoms with van der Waals surface area (Å²) in [7, 11) is -2.95. The van der Waals surface area contributed by atoms with Crippen molar-refractivity contribution in [3.63, 3.8) is 0 Å². The van der Waals surface area contributed by atoms with E-state index in [2.05, 4.69) is 17.4 Å². The molecule has 1 aromatic rings. The third-order valence-electron chi connectivity index (χ3n) is 4.26. The fourth-order valence-electron chi connectivity index (χ4n) is 3.00. The zero-order valence-corrected chi connectivity index (χ0v) is 14.5. The zero-order valence-electron chi connectivity index (χ0n) is 13.7. The minimum atomic E-state index is -2.95. The minimum absolute atomic E-state index is 0.0433. The molecule has 0 bridgehead atoms. The van der Waals surface area contributed by atoms with Gasteiger partial charge >= 0.3 is 0 Å². The maximum absolute atomic E-state index is 12.3. The van der Waals surface area contributed by atoms with Crippen molar-refractivity contribution in [2.75, 3.05) is 31.1 Å². The SMILES string of the molecule is CCN(C(=O)CCNCCc1ccccc1)C1CCS(=O)(=O)C1. The molecule has 0 aliphatic carbocycles. The Morgan fingerprint density at radius 2 is 2.00 bits per heavy atom. The summed E-state index contributed by atoms with van der Waals surface area (Å²) in [5.41, 5.74) is 1.28. The third kappa shape index (κ3) is 5.62. The van der Waals surface area contributed by atoms with E-state index in [0.717, 1.165) is 13.0 Å². The van der Waals surface area contributed by atoms with Gasteiger partial charge in [-0.3, -0.25) is 4.79 Å². The standard InChI is InChI=1S/C17H26N2O3S/c1-2-19(16-10-13-23(21,22)14-16)17(20)9-12-18-11-8-15-6-4-3-5-7-15/h3-7,16,18H,2,8-14H2,1H3. The van der Waals surface area contributed by atoms with Crippen molar-refractivity contribution in [1.29, 1.82) is 0 Å². The predicted molar refractivity (Wildman–Crippen MR) is 92.1 cm³/mol. The van der Waals surface area contributed by atoms with Crippen molar-refractivity contribution in [2.24, 2.45) is 0 Å². The van der Waals surface area contributed by atoms with E-state index in [9.17, 15) is 13.2 Å². The largest absolute Gasteiger partial charge is 0.339 e. The molecule has 1 aromatic carbocycles. The second-order valence-electron chi connectivity index (χ2n) is 5.97. The summed E-state index contributed by atoms with van der Waals surface area (Å²) in [6.07, 6.45) is 1.93. The topological polar surface area (TPSA) is 66.5 Å². The molecule has 1 N–H and O–H groups in total. The molecule has 1 fully saturated rings. The molecule has 0 radical (unpaired) electrons. The van der Waals surface area contributed by atoms with Gasteiger partial charge < -0.3 is 10.2 Å². The van der Waals surface area contributed by atoms with Crippen molar-refractivity contribution in [3.8, 4) is 0 Å². The maximum atomic E-state index is 12.3. The van der Waals surface area contributed by atoms with Crippen LogP contribution in [0.2, 0.25) is 0 Å². The molecular weight excluding hydrogens is 312 g/mol. The number of sulfone groups is 1. The Morgan fingerprint density at radius 3 is 2.61 bits per heavy atom. The molecule has 5 nitrogen and oxygen atoms in total. The molecule has 0 aromatic heterocycles. The molecule has 0 saturated carbocycles. The summed E-state index contributed by atoms with van der Waals surface area (Å²) in [6.45, 7) is 3.94. The summed E-state index contributed by atoms with van der Waals surface area (Å²) in [5, 5.41) is 3.28. The van der Waals surface area contributed by atoms with E-state index in [4.69, 9.17) is 0 Å². The first-order valence-electron chi connectivity index (χ1n) is 8.26. The van der Waals surface area contributed by atoms with Gasteiger partial charge in [0.15, 0.2) is 9.84 Å². The van der Waals surface area contributed by atoms with Gasteiger partial charge in [0.05, 0.1) is 11.5 Å². The fraction of sp³-hybridized carbons (Fsp3) is 0.588. The smallest absolute Gasteiger partial charge is 0.224 e. The number of nitrogens with one attached hydrogen (secondary N) is 1. The Hall–Kier alpha value is -1.40. The van der Waals surface area contributed by atoms with E-state index in [0.29, 0.717) is 25.9 Å². The summed E-state index contributed by atoms with van der Waals surface area (Å²) < 4.78 is 23.1. The first-order chi connectivity index (χ1) is 11.0. The molecule has 6 heteroatoms. The lowest BCUT2D eigenvalue weighted by molar-refractivity contribution is -0.132. The number of nitrogens with zero attached hydrogens (tertiary/aromatic N) is 1. The molecule has 0 spiro atoms. The quantitative estimate of drug-likeness (QED) is 0.725. The molecule has 1 unspecified atom stereocenters. The molecule has 1 aliphatic rings. The van der Waals surface area contributed by atoms with Gasteiger partial charge in [-0.1, -0.05) is 30.3 Å². The van der Waals surface area contributed by atoms with Crippen LogP contribution in [0, 0.1) is 0 Å². The van der Waals surface area contributed by atoms with Crippen LogP contribution < -0.4 is 5.32 Å². The van der Waals surface area contributed by atoms with E-state index in [1.807, 2.05) is 25.1 Å². The Balaban J connectivity index is 1.69. The fourth-order valence-corrected chi connectivity index (χ4v) is 4.73. The molecule has 128 valence electrons. The summed E-state index contributed by atoms with van der Waals surface area (Å²) >= 11 is 0. The van der Waals surface area contributed by atoms with Crippen LogP contribution in [-0.2, 0) is 21.1 Å². The Bertz CT molecular complexity index is 602. The highest BCUT2D eigenvalue weighted by atomic mass is 32.2. The average molecular weight is 338 g/mol. The van der Waals surface area contributed by atoms with Gasteiger partial charge in [-0.2, -0.15) is 0 Å². The number of carbonyl (C=O) groups is 1. The Morgan fingerprint density at radius 1 is 1.26 bits per heavy atom. The van der Waals surface area contributed by atoms with Gasteiger partial charge in [0.1, 0.15) is 0 Å². The monoisotopic (exact) mass is 338 g/mol. The normalized spacial score (nSPS) is 19.6. The van der Waals surface area contributed by atoms with Crippen LogP contribution in [0.15, 0.2) is 30.3 Å². The molecule has 1 saturated heterocycles. The molecule has 1 atom stereocenters. The zero-order chi connectivity index (χ0) is 16.7. The van der Waals surface area contributed by atoms with Crippen molar-refractivity contribution < 1.29 is 13.2 Å². The lowest BCUT2D eigenvalue weighted by Gasteiger charge is -2.27. The second-order valence-corrected chi connectivity index (χ2v) is 8.20. The highest BCUT2D eigenvalue weighted by Crippen LogP contribution is 2.18. The molecule has 1 heterocycles. The lowest BCUT2D eigenvalue weighted by atomic mass is 10.1. The van der Waals surface area contributed by atoms with Crippen LogP contribution >= 0.6 is 0 Å². The maximum Gasteiger partial charge on any atom is 0.224 e. The van der Waals surface area contributed by atoms with Gasteiger partial charge in [0, 0.05) is 25.6 Å². The first-order valence-corrected chi connectivity index (χ1v) is 10.1. The molecule has 1 aliphatic heterocycles. The first kappa shape index (κ1) is 17.9. The van der Waals surface area contributed by atoms with Crippen LogP contribution in [-0.4, -0.2) is 56.4 Å². The van der Waals surface area contributed by atoms with E-state index >= 15 is 0 Å². The lowest BCUT2D eigenvalue weighted by Crippen LogP contribution is -2.42. The van der Waals surface area contributed by atoms with Gasteiger partial charge in [-0.15, -0.1) is 0 Å². The van der Waals surface area contributed by atoms with Crippen LogP contribution in [0.25, 0.3) is 0 Å². The molecule has 1 amide bonds. The number of hydrogen-bond acceptors (Lipinski definition) is 4. The van der Waals surface area contributed by atoms with Crippen LogP contribution in [0.5, 0.6) is 0 Å². The second kappa shape index (κ2) is 8.45. The van der Waals surface area contributed by atoms with E-state index < -0.39 is 9.84 Å². The van der Waals surface area contributed by atoms with Gasteiger partial charge in [0.25, 0.3) is 0 Å². The van der Waals surface area contributed by atoms with Crippen LogP contribution in [0.1, 0.15) is 25.3 Å². The number of carbonyl (C=O) groups excluding carboxylic acids is 1. The average Bonchev–Trinajstić information content (AvgIpc) is 2.88. The summed E-state index contributed by atoms with van der Waals surface area (Å²) in [5.74, 6) is 0.368. The van der Waals surface area contributed by atoms with Gasteiger partial charge in [0.2, 0.25) is 5.91 Å². The van der Waals surface area contributed by atoms with E-state index in [1.165, 1.54) is 5.56 Å². The molecule has 23 heavy (non-hydrogen) atoms. The van der Waals surface area contributed by atoms with Crippen molar-refractivity contribution >= 4 is 15.7 Å². The Kier molecular flexibility index (Phi) is 6.59. The number of benzene rings is 1. The van der Waals surface area contributed by atoms with E-state index in [1.54, 1.807) is 4.90 Å². The minimum Gasteiger partial charge on any atom is -0.339 e. The van der Waals surface area contributed by atoms with Gasteiger partial charge in [-0.05, 0) is 31.9 Å².